The molecule has 5 rings (SSSR count). The van der Waals surface area contributed by atoms with Crippen molar-refractivity contribution in [3.05, 3.63) is 54.2 Å². The van der Waals surface area contributed by atoms with Gasteiger partial charge in [0.15, 0.2) is 5.76 Å². The van der Waals surface area contributed by atoms with Gasteiger partial charge in [-0.15, -0.1) is 0 Å². The summed E-state index contributed by atoms with van der Waals surface area (Å²) in [6.07, 6.45) is 1.46. The molecule has 0 bridgehead atoms. The fourth-order valence-corrected chi connectivity index (χ4v) is 3.84. The maximum absolute atomic E-state index is 13.1. The van der Waals surface area contributed by atoms with Crippen LogP contribution in [0.1, 0.15) is 18.5 Å². The van der Waals surface area contributed by atoms with Crippen molar-refractivity contribution in [1.82, 2.24) is 13.9 Å². The van der Waals surface area contributed by atoms with Crippen LogP contribution in [-0.2, 0) is 10.2 Å². The zero-order valence-corrected chi connectivity index (χ0v) is 15.8. The molecule has 1 aliphatic rings. The van der Waals surface area contributed by atoms with E-state index in [0.29, 0.717) is 22.7 Å². The van der Waals surface area contributed by atoms with Crippen molar-refractivity contribution in [2.24, 2.45) is 0 Å². The topological polar surface area (TPSA) is 90.1 Å². The van der Waals surface area contributed by atoms with E-state index in [1.165, 1.54) is 0 Å². The molecular weight excluding hydrogens is 376 g/mol. The number of ether oxygens (including phenoxy) is 1. The third-order valence-electron chi connectivity index (χ3n) is 5.07. The summed E-state index contributed by atoms with van der Waals surface area (Å²) in [6.45, 7) is 0. The first-order valence-electron chi connectivity index (χ1n) is 8.84. The maximum Gasteiger partial charge on any atom is 0.236 e. The first-order chi connectivity index (χ1) is 13.7. The number of methoxy groups -OCH3 is 1. The molecule has 7 nitrogen and oxygen atoms in total. The molecule has 1 amide bonds. The Balaban J connectivity index is 1.42. The normalized spacial score (nSPS) is 14.8. The van der Waals surface area contributed by atoms with E-state index in [4.69, 9.17) is 9.26 Å². The number of hydrogen-bond donors (Lipinski definition) is 1. The summed E-state index contributed by atoms with van der Waals surface area (Å²) >= 11 is 1.13. The summed E-state index contributed by atoms with van der Waals surface area (Å²) in [5, 5.41) is 7.20. The molecule has 0 unspecified atom stereocenters. The minimum atomic E-state index is -0.660. The van der Waals surface area contributed by atoms with Gasteiger partial charge in [0, 0.05) is 11.6 Å². The third-order valence-corrected chi connectivity index (χ3v) is 5.62. The number of aromatic nitrogens is 3. The lowest BCUT2D eigenvalue weighted by atomic mass is 10.00. The number of anilines is 1. The first-order valence-corrected chi connectivity index (χ1v) is 9.57. The standard InChI is InChI=1S/C20H16N4O3S/c1-26-13-5-2-4-12(10-13)16-11-17(22-27-16)20(8-9-20)19(25)21-14-6-3-7-15-18(14)24-28-23-15/h2-7,10-11H,8-9H2,1H3,(H,21,25). The molecule has 0 atom stereocenters. The van der Waals surface area contributed by atoms with E-state index >= 15 is 0 Å². The molecule has 28 heavy (non-hydrogen) atoms. The maximum atomic E-state index is 13.1. The molecule has 0 aliphatic heterocycles. The average Bonchev–Trinajstić information content (AvgIpc) is 3.16. The number of rotatable bonds is 5. The molecule has 0 radical (unpaired) electrons. The highest BCUT2D eigenvalue weighted by Gasteiger charge is 2.54. The Hall–Kier alpha value is -3.26. The summed E-state index contributed by atoms with van der Waals surface area (Å²) in [7, 11) is 1.62. The van der Waals surface area contributed by atoms with Gasteiger partial charge in [-0.25, -0.2) is 0 Å². The van der Waals surface area contributed by atoms with Crippen LogP contribution in [0.5, 0.6) is 5.75 Å². The summed E-state index contributed by atoms with van der Waals surface area (Å²) in [5.74, 6) is 1.25. The summed E-state index contributed by atoms with van der Waals surface area (Å²) in [6, 6.07) is 15.0. The predicted octanol–water partition coefficient (Wildman–Crippen LogP) is 4.03. The Bertz CT molecular complexity index is 1180. The van der Waals surface area contributed by atoms with Crippen molar-refractivity contribution in [2.75, 3.05) is 12.4 Å². The lowest BCUT2D eigenvalue weighted by Gasteiger charge is -2.12. The molecule has 0 spiro atoms. The van der Waals surface area contributed by atoms with E-state index in [2.05, 4.69) is 19.2 Å². The summed E-state index contributed by atoms with van der Waals surface area (Å²) < 4.78 is 19.3. The number of nitrogens with one attached hydrogen (secondary N) is 1. The van der Waals surface area contributed by atoms with Gasteiger partial charge in [0.05, 0.1) is 35.6 Å². The van der Waals surface area contributed by atoms with Crippen molar-refractivity contribution in [3.63, 3.8) is 0 Å². The zero-order valence-electron chi connectivity index (χ0n) is 15.0. The minimum absolute atomic E-state index is 0.0986. The van der Waals surface area contributed by atoms with Crippen LogP contribution in [-0.4, -0.2) is 26.9 Å². The molecular formula is C20H16N4O3S. The van der Waals surface area contributed by atoms with E-state index in [9.17, 15) is 4.79 Å². The second-order valence-corrected chi connectivity index (χ2v) is 7.31. The van der Waals surface area contributed by atoms with Gasteiger partial charge in [-0.3, -0.25) is 4.79 Å². The van der Waals surface area contributed by atoms with E-state index in [1.807, 2.05) is 48.5 Å². The molecule has 1 N–H and O–H groups in total. The van der Waals surface area contributed by atoms with Gasteiger partial charge in [-0.2, -0.15) is 8.75 Å². The monoisotopic (exact) mass is 392 g/mol. The van der Waals surface area contributed by atoms with Crippen LogP contribution in [0.15, 0.2) is 53.1 Å². The lowest BCUT2D eigenvalue weighted by molar-refractivity contribution is -0.118. The van der Waals surface area contributed by atoms with Crippen LogP contribution in [0, 0.1) is 0 Å². The molecule has 1 fully saturated rings. The Morgan fingerprint density at radius 1 is 1.18 bits per heavy atom. The molecule has 140 valence electrons. The summed E-state index contributed by atoms with van der Waals surface area (Å²) in [4.78, 5) is 13.1. The van der Waals surface area contributed by atoms with Crippen molar-refractivity contribution in [3.8, 4) is 17.1 Å². The molecule has 2 aromatic heterocycles. The highest BCUT2D eigenvalue weighted by molar-refractivity contribution is 7.00. The average molecular weight is 392 g/mol. The Morgan fingerprint density at radius 2 is 2.04 bits per heavy atom. The molecule has 4 aromatic rings. The predicted molar refractivity (Wildman–Crippen MR) is 105 cm³/mol. The van der Waals surface area contributed by atoms with Crippen LogP contribution in [0.4, 0.5) is 5.69 Å². The fraction of sp³-hybridized carbons (Fsp3) is 0.200. The van der Waals surface area contributed by atoms with Gasteiger partial charge in [-0.1, -0.05) is 23.4 Å². The second kappa shape index (κ2) is 6.42. The van der Waals surface area contributed by atoms with Crippen molar-refractivity contribution >= 4 is 34.4 Å². The minimum Gasteiger partial charge on any atom is -0.497 e. The Labute approximate surface area is 164 Å². The number of amides is 1. The van der Waals surface area contributed by atoms with Gasteiger partial charge in [0.25, 0.3) is 0 Å². The van der Waals surface area contributed by atoms with E-state index < -0.39 is 5.41 Å². The number of fused-ring (bicyclic) bond motifs is 1. The molecule has 1 saturated carbocycles. The fourth-order valence-electron chi connectivity index (χ4n) is 3.29. The Kier molecular flexibility index (Phi) is 3.87. The number of benzene rings is 2. The van der Waals surface area contributed by atoms with Crippen molar-refractivity contribution in [2.45, 2.75) is 18.3 Å². The smallest absolute Gasteiger partial charge is 0.236 e. The van der Waals surface area contributed by atoms with Crippen molar-refractivity contribution in [1.29, 1.82) is 0 Å². The van der Waals surface area contributed by atoms with Gasteiger partial charge < -0.3 is 14.6 Å². The highest BCUT2D eigenvalue weighted by atomic mass is 32.1. The lowest BCUT2D eigenvalue weighted by Crippen LogP contribution is -2.28. The van der Waals surface area contributed by atoms with Crippen LogP contribution >= 0.6 is 11.7 Å². The van der Waals surface area contributed by atoms with E-state index in [0.717, 1.165) is 41.4 Å². The van der Waals surface area contributed by atoms with Gasteiger partial charge in [0.1, 0.15) is 16.8 Å². The number of hydrogen-bond acceptors (Lipinski definition) is 7. The van der Waals surface area contributed by atoms with Gasteiger partial charge >= 0.3 is 0 Å². The quantitative estimate of drug-likeness (QED) is 0.552. The molecule has 2 aromatic carbocycles. The second-order valence-electron chi connectivity index (χ2n) is 6.78. The van der Waals surface area contributed by atoms with Crippen LogP contribution < -0.4 is 10.1 Å². The molecule has 1 aliphatic carbocycles. The Morgan fingerprint density at radius 3 is 2.86 bits per heavy atom. The molecule has 2 heterocycles. The van der Waals surface area contributed by atoms with E-state index in [1.54, 1.807) is 7.11 Å². The largest absolute Gasteiger partial charge is 0.497 e. The van der Waals surface area contributed by atoms with Crippen LogP contribution in [0.2, 0.25) is 0 Å². The van der Waals surface area contributed by atoms with Crippen LogP contribution in [0.3, 0.4) is 0 Å². The summed E-state index contributed by atoms with van der Waals surface area (Å²) in [5.41, 5.74) is 2.98. The number of carbonyl (C=O) groups excluding carboxylic acids is 1. The zero-order chi connectivity index (χ0) is 19.1. The highest BCUT2D eigenvalue weighted by Crippen LogP contribution is 2.49. The SMILES string of the molecule is COc1cccc(-c2cc(C3(C(=O)Nc4cccc5nsnc45)CC3)no2)c1. The molecule has 0 saturated heterocycles. The number of nitrogens with zero attached hydrogens (tertiary/aromatic N) is 3. The molecule has 8 heteroatoms. The van der Waals surface area contributed by atoms with Gasteiger partial charge in [0.2, 0.25) is 5.91 Å². The van der Waals surface area contributed by atoms with Gasteiger partial charge in [-0.05, 0) is 37.1 Å². The van der Waals surface area contributed by atoms with Crippen molar-refractivity contribution < 1.29 is 14.1 Å². The first kappa shape index (κ1) is 16.9. The van der Waals surface area contributed by atoms with E-state index in [-0.39, 0.29) is 5.91 Å². The number of carbonyl (C=O) groups is 1. The van der Waals surface area contributed by atoms with Crippen LogP contribution in [0.25, 0.3) is 22.4 Å². The third kappa shape index (κ3) is 2.73.